The summed E-state index contributed by atoms with van der Waals surface area (Å²) in [4.78, 5) is 26.1. The Morgan fingerprint density at radius 1 is 1.25 bits per heavy atom. The van der Waals surface area contributed by atoms with Crippen LogP contribution in [-0.4, -0.2) is 72.6 Å². The quantitative estimate of drug-likeness (QED) is 0.561. The molecule has 3 rings (SSSR count). The SMILES string of the molecule is O=C(N[C@H]1CCCNCC1)C1CCC2CN1C(=O)N2OS(=O)(=O)O. The molecule has 0 spiro atoms. The Labute approximate surface area is 140 Å². The second kappa shape index (κ2) is 6.82. The zero-order chi connectivity index (χ0) is 17.3. The Balaban J connectivity index is 1.63. The summed E-state index contributed by atoms with van der Waals surface area (Å²) >= 11 is 0. The molecule has 0 radical (unpaired) electrons. The fraction of sp³-hybridized carbons (Fsp3) is 0.846. The number of carbonyl (C=O) groups excluding carboxylic acids is 2. The zero-order valence-electron chi connectivity index (χ0n) is 13.2. The van der Waals surface area contributed by atoms with E-state index in [-0.39, 0.29) is 18.5 Å². The van der Waals surface area contributed by atoms with Gasteiger partial charge in [0.2, 0.25) is 5.91 Å². The predicted octanol–water partition coefficient (Wildman–Crippen LogP) is -0.752. The maximum Gasteiger partial charge on any atom is 0.418 e. The van der Waals surface area contributed by atoms with Crippen molar-refractivity contribution < 1.29 is 26.8 Å². The van der Waals surface area contributed by atoms with Crippen molar-refractivity contribution in [3.05, 3.63) is 0 Å². The van der Waals surface area contributed by atoms with Crippen LogP contribution in [0.5, 0.6) is 0 Å². The van der Waals surface area contributed by atoms with Crippen LogP contribution < -0.4 is 10.6 Å². The lowest BCUT2D eigenvalue weighted by Gasteiger charge is -2.30. The smallest absolute Gasteiger partial charge is 0.352 e. The van der Waals surface area contributed by atoms with Gasteiger partial charge in [-0.05, 0) is 45.2 Å². The van der Waals surface area contributed by atoms with Gasteiger partial charge in [0.15, 0.2) is 0 Å². The Morgan fingerprint density at radius 3 is 2.79 bits per heavy atom. The molecule has 3 atom stereocenters. The summed E-state index contributed by atoms with van der Waals surface area (Å²) in [6.07, 6.45) is 3.57. The molecular weight excluding hydrogens is 340 g/mol. The lowest BCUT2D eigenvalue weighted by molar-refractivity contribution is -0.126. The molecule has 0 aromatic rings. The van der Waals surface area contributed by atoms with Crippen LogP contribution in [-0.2, 0) is 19.5 Å². The monoisotopic (exact) mass is 362 g/mol. The summed E-state index contributed by atoms with van der Waals surface area (Å²) in [6, 6.07) is -1.75. The molecule has 3 heterocycles. The van der Waals surface area contributed by atoms with Gasteiger partial charge in [0, 0.05) is 12.6 Å². The zero-order valence-corrected chi connectivity index (χ0v) is 14.0. The molecule has 10 nitrogen and oxygen atoms in total. The first-order valence-electron chi connectivity index (χ1n) is 8.13. The van der Waals surface area contributed by atoms with Crippen molar-refractivity contribution in [1.82, 2.24) is 20.6 Å². The van der Waals surface area contributed by atoms with Gasteiger partial charge in [0.1, 0.15) is 6.04 Å². The first-order chi connectivity index (χ1) is 11.3. The minimum atomic E-state index is -4.77. The van der Waals surface area contributed by atoms with E-state index in [0.29, 0.717) is 17.9 Å². The Morgan fingerprint density at radius 2 is 2.04 bits per heavy atom. The average molecular weight is 362 g/mol. The van der Waals surface area contributed by atoms with Crippen LogP contribution in [0.15, 0.2) is 0 Å². The fourth-order valence-electron chi connectivity index (χ4n) is 3.56. The second-order valence-electron chi connectivity index (χ2n) is 6.40. The van der Waals surface area contributed by atoms with Gasteiger partial charge in [-0.15, -0.1) is 4.28 Å². The van der Waals surface area contributed by atoms with Gasteiger partial charge in [-0.3, -0.25) is 9.35 Å². The van der Waals surface area contributed by atoms with E-state index in [0.717, 1.165) is 32.4 Å². The van der Waals surface area contributed by atoms with Crippen molar-refractivity contribution in [3.8, 4) is 0 Å². The van der Waals surface area contributed by atoms with Crippen LogP contribution in [0.4, 0.5) is 4.79 Å². The highest BCUT2D eigenvalue weighted by molar-refractivity contribution is 7.80. The van der Waals surface area contributed by atoms with Crippen molar-refractivity contribution in [1.29, 1.82) is 0 Å². The van der Waals surface area contributed by atoms with Gasteiger partial charge < -0.3 is 15.5 Å². The molecule has 0 saturated carbocycles. The standard InChI is InChI=1S/C13H22N4O6S/c18-12(15-9-2-1-6-14-7-5-9)11-4-3-10-8-16(11)13(19)17(10)23-24(20,21)22/h9-11,14H,1-8H2,(H,15,18)(H,20,21,22)/t9-,10?,11?/m0/s1. The lowest BCUT2D eigenvalue weighted by atomic mass is 9.99. The van der Waals surface area contributed by atoms with E-state index < -0.39 is 28.5 Å². The average Bonchev–Trinajstić information content (AvgIpc) is 2.72. The molecule has 2 bridgehead atoms. The second-order valence-corrected chi connectivity index (χ2v) is 7.40. The highest BCUT2D eigenvalue weighted by Gasteiger charge is 2.49. The Hall–Kier alpha value is -1.43. The third kappa shape index (κ3) is 3.79. The summed E-state index contributed by atoms with van der Waals surface area (Å²) in [5.74, 6) is -0.220. The van der Waals surface area contributed by atoms with Gasteiger partial charge >= 0.3 is 16.4 Å². The first kappa shape index (κ1) is 17.4. The number of fused-ring (bicyclic) bond motifs is 2. The van der Waals surface area contributed by atoms with E-state index in [9.17, 15) is 18.0 Å². The van der Waals surface area contributed by atoms with Crippen LogP contribution in [0.25, 0.3) is 0 Å². The fourth-order valence-corrected chi connectivity index (χ4v) is 3.95. The third-order valence-corrected chi connectivity index (χ3v) is 5.07. The van der Waals surface area contributed by atoms with Crippen molar-refractivity contribution >= 4 is 22.3 Å². The highest BCUT2D eigenvalue weighted by Crippen LogP contribution is 2.30. The largest absolute Gasteiger partial charge is 0.418 e. The van der Waals surface area contributed by atoms with Gasteiger partial charge in [-0.1, -0.05) is 0 Å². The maximum absolute atomic E-state index is 12.6. The Bertz CT molecular complexity index is 604. The van der Waals surface area contributed by atoms with Gasteiger partial charge in [-0.25, -0.2) is 4.79 Å². The molecule has 2 unspecified atom stereocenters. The van der Waals surface area contributed by atoms with E-state index in [1.54, 1.807) is 0 Å². The molecule has 11 heteroatoms. The molecule has 3 saturated heterocycles. The van der Waals surface area contributed by atoms with E-state index >= 15 is 0 Å². The molecule has 0 aliphatic carbocycles. The molecule has 0 aromatic carbocycles. The third-order valence-electron chi connectivity index (χ3n) is 4.72. The number of nitrogens with one attached hydrogen (secondary N) is 2. The van der Waals surface area contributed by atoms with Crippen molar-refractivity contribution in [2.45, 2.75) is 50.2 Å². The summed E-state index contributed by atoms with van der Waals surface area (Å²) in [5.41, 5.74) is 0. The normalized spacial score (nSPS) is 31.0. The van der Waals surface area contributed by atoms with Crippen LogP contribution in [0, 0.1) is 0 Å². The predicted molar refractivity (Wildman–Crippen MR) is 82.0 cm³/mol. The van der Waals surface area contributed by atoms with Crippen molar-refractivity contribution in [2.75, 3.05) is 19.6 Å². The minimum absolute atomic E-state index is 0.0769. The number of hydroxylamine groups is 2. The van der Waals surface area contributed by atoms with Gasteiger partial charge in [0.05, 0.1) is 6.04 Å². The van der Waals surface area contributed by atoms with Crippen LogP contribution in [0.3, 0.4) is 0 Å². The number of amides is 3. The topological polar surface area (TPSA) is 128 Å². The Kier molecular flexibility index (Phi) is 4.95. The molecule has 3 amide bonds. The summed E-state index contributed by atoms with van der Waals surface area (Å²) in [5, 5.41) is 6.92. The summed E-state index contributed by atoms with van der Waals surface area (Å²) in [7, 11) is -4.77. The maximum atomic E-state index is 12.6. The molecule has 3 N–H and O–H groups in total. The van der Waals surface area contributed by atoms with E-state index in [4.69, 9.17) is 4.55 Å². The number of piperidine rings is 1. The number of urea groups is 1. The molecular formula is C13H22N4O6S. The van der Waals surface area contributed by atoms with Crippen LogP contribution >= 0.6 is 0 Å². The molecule has 24 heavy (non-hydrogen) atoms. The number of hydrogen-bond donors (Lipinski definition) is 3. The first-order valence-corrected chi connectivity index (χ1v) is 9.49. The van der Waals surface area contributed by atoms with Gasteiger partial charge in [0.25, 0.3) is 0 Å². The number of nitrogens with zero attached hydrogens (tertiary/aromatic N) is 2. The molecule has 3 aliphatic heterocycles. The summed E-state index contributed by atoms with van der Waals surface area (Å²) < 4.78 is 34.9. The van der Waals surface area contributed by atoms with Crippen molar-refractivity contribution in [2.24, 2.45) is 0 Å². The van der Waals surface area contributed by atoms with Gasteiger partial charge in [-0.2, -0.15) is 13.5 Å². The molecule has 3 aliphatic rings. The van der Waals surface area contributed by atoms with E-state index in [2.05, 4.69) is 14.9 Å². The van der Waals surface area contributed by atoms with Crippen LogP contribution in [0.2, 0.25) is 0 Å². The van der Waals surface area contributed by atoms with E-state index in [1.807, 2.05) is 0 Å². The molecule has 0 aromatic heterocycles. The highest BCUT2D eigenvalue weighted by atomic mass is 32.3. The van der Waals surface area contributed by atoms with Crippen molar-refractivity contribution in [3.63, 3.8) is 0 Å². The molecule has 3 fully saturated rings. The number of hydrogen-bond acceptors (Lipinski definition) is 6. The summed E-state index contributed by atoms with van der Waals surface area (Å²) in [6.45, 7) is 1.99. The van der Waals surface area contributed by atoms with Crippen LogP contribution in [0.1, 0.15) is 32.1 Å². The van der Waals surface area contributed by atoms with E-state index in [1.165, 1.54) is 4.90 Å². The number of carbonyl (C=O) groups is 2. The molecule has 136 valence electrons. The number of rotatable bonds is 4. The minimum Gasteiger partial charge on any atom is -0.352 e. The lowest BCUT2D eigenvalue weighted by Crippen LogP contribution is -2.52.